The number of fused-ring (bicyclic) bond motifs is 1. The summed E-state index contributed by atoms with van der Waals surface area (Å²) < 4.78 is 1.80. The van der Waals surface area contributed by atoms with Gasteiger partial charge in [0.2, 0.25) is 0 Å². The second-order valence-electron chi connectivity index (χ2n) is 10.1. The van der Waals surface area contributed by atoms with Crippen molar-refractivity contribution in [2.45, 2.75) is 39.7 Å². The van der Waals surface area contributed by atoms with E-state index in [1.54, 1.807) is 46.2 Å². The van der Waals surface area contributed by atoms with Crippen LogP contribution < -0.4 is 11.1 Å². The maximum atomic E-state index is 12.8. The Hall–Kier alpha value is -4.01. The van der Waals surface area contributed by atoms with Crippen LogP contribution in [0.25, 0.3) is 5.69 Å². The van der Waals surface area contributed by atoms with E-state index < -0.39 is 5.91 Å². The molecule has 0 spiro atoms. The van der Waals surface area contributed by atoms with Gasteiger partial charge in [0, 0.05) is 37.6 Å². The average molecular weight is 473 g/mol. The lowest BCUT2D eigenvalue weighted by atomic mass is 9.75. The summed E-state index contributed by atoms with van der Waals surface area (Å²) in [5, 5.41) is 8.04. The second kappa shape index (κ2) is 8.33. The maximum Gasteiger partial charge on any atom is 0.255 e. The molecule has 35 heavy (non-hydrogen) atoms. The number of primary amides is 1. The molecular formula is C26H28N6O3. The molecule has 0 saturated carbocycles. The number of hydrogen-bond acceptors (Lipinski definition) is 6. The van der Waals surface area contributed by atoms with E-state index >= 15 is 0 Å². The molecule has 0 bridgehead atoms. The molecule has 0 atom stereocenters. The van der Waals surface area contributed by atoms with Gasteiger partial charge in [-0.15, -0.1) is 0 Å². The SMILES string of the molecule is Cc1nn(-c2ccc(C(N)=O)c(NC3CN(C(=O)c4cccnc4)C3)c2)c2c1C(=O)CC(C)(C)C2. The van der Waals surface area contributed by atoms with Crippen LogP contribution in [0.4, 0.5) is 5.69 Å². The Morgan fingerprint density at radius 1 is 1.17 bits per heavy atom. The first kappa shape index (κ1) is 22.8. The summed E-state index contributed by atoms with van der Waals surface area (Å²) in [6.07, 6.45) is 4.40. The molecule has 2 amide bonds. The molecule has 2 aliphatic rings. The molecular weight excluding hydrogens is 444 g/mol. The fraction of sp³-hybridized carbons (Fsp3) is 0.346. The Labute approximate surface area is 203 Å². The number of aryl methyl sites for hydroxylation is 1. The van der Waals surface area contributed by atoms with Crippen molar-refractivity contribution in [3.05, 3.63) is 70.8 Å². The van der Waals surface area contributed by atoms with Gasteiger partial charge in [-0.25, -0.2) is 4.68 Å². The molecule has 2 aromatic heterocycles. The molecule has 1 aliphatic heterocycles. The molecule has 180 valence electrons. The van der Waals surface area contributed by atoms with Gasteiger partial charge in [-0.05, 0) is 49.1 Å². The van der Waals surface area contributed by atoms with Gasteiger partial charge in [-0.2, -0.15) is 5.10 Å². The van der Waals surface area contributed by atoms with E-state index in [1.807, 2.05) is 13.0 Å². The Balaban J connectivity index is 1.41. The lowest BCUT2D eigenvalue weighted by Gasteiger charge is -2.40. The minimum atomic E-state index is -0.545. The number of Topliss-reactive ketones (excluding diaryl/α,β-unsaturated/α-hetero) is 1. The lowest BCUT2D eigenvalue weighted by molar-refractivity contribution is 0.0624. The van der Waals surface area contributed by atoms with Gasteiger partial charge in [0.1, 0.15) is 0 Å². The highest BCUT2D eigenvalue weighted by Crippen LogP contribution is 2.37. The number of carbonyl (C=O) groups is 3. The number of nitrogens with zero attached hydrogens (tertiary/aromatic N) is 4. The van der Waals surface area contributed by atoms with E-state index in [9.17, 15) is 14.4 Å². The van der Waals surface area contributed by atoms with Crippen molar-refractivity contribution in [3.8, 4) is 5.69 Å². The zero-order valence-electron chi connectivity index (χ0n) is 20.0. The minimum absolute atomic E-state index is 0.0299. The summed E-state index contributed by atoms with van der Waals surface area (Å²) in [5.74, 6) is -0.512. The monoisotopic (exact) mass is 472 g/mol. The van der Waals surface area contributed by atoms with Crippen molar-refractivity contribution in [3.63, 3.8) is 0 Å². The Bertz CT molecular complexity index is 1340. The van der Waals surface area contributed by atoms with E-state index in [1.165, 1.54) is 0 Å². The van der Waals surface area contributed by atoms with Gasteiger partial charge < -0.3 is 16.0 Å². The van der Waals surface area contributed by atoms with Gasteiger partial charge in [-0.3, -0.25) is 19.4 Å². The number of aromatic nitrogens is 3. The summed E-state index contributed by atoms with van der Waals surface area (Å²) in [4.78, 5) is 43.3. The highest BCUT2D eigenvalue weighted by molar-refractivity contribution is 6.00. The number of nitrogens with one attached hydrogen (secondary N) is 1. The van der Waals surface area contributed by atoms with Crippen LogP contribution in [-0.2, 0) is 6.42 Å². The predicted molar refractivity (Wildman–Crippen MR) is 131 cm³/mol. The molecule has 9 nitrogen and oxygen atoms in total. The number of rotatable bonds is 5. The van der Waals surface area contributed by atoms with Gasteiger partial charge >= 0.3 is 0 Å². The number of ketones is 1. The number of hydrogen-bond donors (Lipinski definition) is 2. The van der Waals surface area contributed by atoms with Crippen LogP contribution in [0, 0.1) is 12.3 Å². The zero-order valence-corrected chi connectivity index (χ0v) is 20.0. The fourth-order valence-electron chi connectivity index (χ4n) is 4.98. The third-order valence-electron chi connectivity index (χ3n) is 6.67. The van der Waals surface area contributed by atoms with Crippen molar-refractivity contribution in [2.75, 3.05) is 18.4 Å². The molecule has 1 aliphatic carbocycles. The third-order valence-corrected chi connectivity index (χ3v) is 6.67. The first-order valence-electron chi connectivity index (χ1n) is 11.6. The minimum Gasteiger partial charge on any atom is -0.378 e. The number of anilines is 1. The maximum absolute atomic E-state index is 12.8. The fourth-order valence-corrected chi connectivity index (χ4v) is 4.98. The Morgan fingerprint density at radius 3 is 2.63 bits per heavy atom. The first-order valence-corrected chi connectivity index (χ1v) is 11.6. The van der Waals surface area contributed by atoms with Gasteiger partial charge in [0.15, 0.2) is 5.78 Å². The number of nitrogens with two attached hydrogens (primary N) is 1. The highest BCUT2D eigenvalue weighted by atomic mass is 16.2. The second-order valence-corrected chi connectivity index (χ2v) is 10.1. The number of carbonyl (C=O) groups excluding carboxylic acids is 3. The number of benzene rings is 1. The van der Waals surface area contributed by atoms with Crippen molar-refractivity contribution in [2.24, 2.45) is 11.1 Å². The zero-order chi connectivity index (χ0) is 24.9. The normalized spacial score (nSPS) is 17.0. The van der Waals surface area contributed by atoms with Crippen molar-refractivity contribution in [1.29, 1.82) is 0 Å². The summed E-state index contributed by atoms with van der Waals surface area (Å²) in [6.45, 7) is 7.01. The summed E-state index contributed by atoms with van der Waals surface area (Å²) in [6, 6.07) is 8.75. The first-order chi connectivity index (χ1) is 16.6. The van der Waals surface area contributed by atoms with Crippen LogP contribution >= 0.6 is 0 Å². The van der Waals surface area contributed by atoms with Gasteiger partial charge in [0.25, 0.3) is 11.8 Å². The van der Waals surface area contributed by atoms with Crippen LogP contribution in [0.2, 0.25) is 0 Å². The highest BCUT2D eigenvalue weighted by Gasteiger charge is 2.36. The number of likely N-dealkylation sites (tertiary alicyclic amines) is 1. The Morgan fingerprint density at radius 2 is 1.94 bits per heavy atom. The van der Waals surface area contributed by atoms with Crippen LogP contribution in [-0.4, -0.2) is 56.4 Å². The largest absolute Gasteiger partial charge is 0.378 e. The van der Waals surface area contributed by atoms with Gasteiger partial charge in [0.05, 0.1) is 39.8 Å². The van der Waals surface area contributed by atoms with Crippen LogP contribution in [0.5, 0.6) is 0 Å². The van der Waals surface area contributed by atoms with Gasteiger partial charge in [-0.1, -0.05) is 13.8 Å². The summed E-state index contributed by atoms with van der Waals surface area (Å²) in [5.41, 5.74) is 10.0. The number of amides is 2. The molecule has 3 aromatic rings. The molecule has 9 heteroatoms. The standard InChI is InChI=1S/C26H28N6O3/c1-15-23-21(10-26(2,3)11-22(23)33)32(30-15)18-6-7-19(24(27)34)20(9-18)29-17-13-31(14-17)25(35)16-5-4-8-28-12-16/h4-9,12,17,29H,10-11,13-14H2,1-3H3,(H2,27,34). The molecule has 3 N–H and O–H groups in total. The van der Waals surface area contributed by atoms with E-state index in [-0.39, 0.29) is 23.1 Å². The molecule has 0 unspecified atom stereocenters. The summed E-state index contributed by atoms with van der Waals surface area (Å²) in [7, 11) is 0. The van der Waals surface area contributed by atoms with Crippen LogP contribution in [0.15, 0.2) is 42.7 Å². The van der Waals surface area contributed by atoms with Crippen LogP contribution in [0.1, 0.15) is 62.7 Å². The lowest BCUT2D eigenvalue weighted by Crippen LogP contribution is -2.57. The predicted octanol–water partition coefficient (Wildman–Crippen LogP) is 2.77. The van der Waals surface area contributed by atoms with Crippen molar-refractivity contribution < 1.29 is 14.4 Å². The topological polar surface area (TPSA) is 123 Å². The Kier molecular flexibility index (Phi) is 5.42. The van der Waals surface area contributed by atoms with E-state index in [2.05, 4.69) is 29.2 Å². The van der Waals surface area contributed by atoms with Crippen molar-refractivity contribution in [1.82, 2.24) is 19.7 Å². The third kappa shape index (κ3) is 4.18. The molecule has 0 radical (unpaired) electrons. The van der Waals surface area contributed by atoms with Crippen LogP contribution in [0.3, 0.4) is 0 Å². The van der Waals surface area contributed by atoms with E-state index in [4.69, 9.17) is 5.73 Å². The van der Waals surface area contributed by atoms with E-state index in [0.29, 0.717) is 47.6 Å². The molecule has 5 rings (SSSR count). The van der Waals surface area contributed by atoms with E-state index in [0.717, 1.165) is 17.8 Å². The molecule has 1 fully saturated rings. The average Bonchev–Trinajstić information content (AvgIpc) is 3.11. The van der Waals surface area contributed by atoms with Crippen molar-refractivity contribution >= 4 is 23.3 Å². The molecule has 1 saturated heterocycles. The smallest absolute Gasteiger partial charge is 0.255 e. The quantitative estimate of drug-likeness (QED) is 0.589. The molecule has 1 aromatic carbocycles. The summed E-state index contributed by atoms with van der Waals surface area (Å²) >= 11 is 0. The molecule has 3 heterocycles. The number of pyridine rings is 1.